The monoisotopic (exact) mass is 925 g/mol. The molecule has 6 heteroatoms. The van der Waals surface area contributed by atoms with Crippen molar-refractivity contribution in [3.05, 3.63) is 134 Å². The predicted molar refractivity (Wildman–Crippen MR) is 288 cm³/mol. The van der Waals surface area contributed by atoms with Crippen LogP contribution in [-0.4, -0.2) is 37.2 Å². The summed E-state index contributed by atoms with van der Waals surface area (Å²) < 4.78 is 16.8. The minimum absolute atomic E-state index is 0.117. The number of allylic oxidation sites excluding steroid dienone is 22. The first-order valence-corrected chi connectivity index (χ1v) is 26.8. The van der Waals surface area contributed by atoms with Crippen LogP contribution < -0.4 is 0 Å². The van der Waals surface area contributed by atoms with Gasteiger partial charge in [-0.05, 0) is 96.3 Å². The fourth-order valence-electron chi connectivity index (χ4n) is 6.83. The first-order chi connectivity index (χ1) is 33.0. The summed E-state index contributed by atoms with van der Waals surface area (Å²) in [5.41, 5.74) is 0. The molecule has 67 heavy (non-hydrogen) atoms. The molecule has 0 aromatic rings. The van der Waals surface area contributed by atoms with Gasteiger partial charge >= 0.3 is 17.9 Å². The molecule has 376 valence electrons. The minimum atomic E-state index is -0.822. The summed E-state index contributed by atoms with van der Waals surface area (Å²) >= 11 is 0. The van der Waals surface area contributed by atoms with Crippen LogP contribution in [0.3, 0.4) is 0 Å². The van der Waals surface area contributed by atoms with Gasteiger partial charge in [-0.3, -0.25) is 14.4 Å². The molecule has 0 aromatic heterocycles. The van der Waals surface area contributed by atoms with Gasteiger partial charge in [-0.1, -0.05) is 231 Å². The maximum absolute atomic E-state index is 12.8. The van der Waals surface area contributed by atoms with Gasteiger partial charge in [-0.25, -0.2) is 0 Å². The van der Waals surface area contributed by atoms with Crippen LogP contribution in [0.4, 0.5) is 0 Å². The number of carbonyl (C=O) groups is 3. The molecule has 0 bridgehead atoms. The van der Waals surface area contributed by atoms with Crippen molar-refractivity contribution in [3.63, 3.8) is 0 Å². The third-order valence-corrected chi connectivity index (χ3v) is 10.8. The summed E-state index contributed by atoms with van der Waals surface area (Å²) in [6.45, 7) is 6.29. The quantitative estimate of drug-likeness (QED) is 0.0199. The summed E-state index contributed by atoms with van der Waals surface area (Å²) in [7, 11) is 0. The van der Waals surface area contributed by atoms with Crippen molar-refractivity contribution in [2.24, 2.45) is 0 Å². The SMILES string of the molecule is CC\C=C/C=C\C=C/C=C\C=C\C=C/CCCCCC(=O)OC(COC(=O)CCCCCC/C=C\C/C=C\C/C=C\CC)COC(=O)CCCCCCC/C=C\C=C/CCCCCCCCC. The highest BCUT2D eigenvalue weighted by atomic mass is 16.6. The standard InChI is InChI=1S/C61H96O6/c1-4-7-10-13-16-19-22-25-28-30-32-33-36-39-42-45-48-51-54-60(63)66-57-58(56-65-59(62)53-50-47-44-41-38-35-27-24-21-18-15-12-9-6-3)67-61(64)55-52-49-46-43-40-37-34-31-29-26-23-20-17-14-11-8-5-2/h8-9,11-12,14,17-18,20-21,23,26-35,37,40,58H,4-7,10,13,15-16,19,22,24-25,36,38-39,41-57H2,1-3H3/b11-8-,12-9-,17-14-,21-18-,23-20-,29-26-,30-28-,33-32-,34-31+,35-27-,40-37-. The van der Waals surface area contributed by atoms with E-state index in [1.165, 1.54) is 51.4 Å². The van der Waals surface area contributed by atoms with E-state index in [9.17, 15) is 14.4 Å². The highest BCUT2D eigenvalue weighted by Crippen LogP contribution is 2.13. The average Bonchev–Trinajstić information content (AvgIpc) is 3.33. The minimum Gasteiger partial charge on any atom is -0.462 e. The predicted octanol–water partition coefficient (Wildman–Crippen LogP) is 17.9. The Balaban J connectivity index is 4.56. The van der Waals surface area contributed by atoms with Gasteiger partial charge in [0.05, 0.1) is 0 Å². The van der Waals surface area contributed by atoms with Crippen LogP contribution in [0.5, 0.6) is 0 Å². The van der Waals surface area contributed by atoms with Gasteiger partial charge in [-0.2, -0.15) is 0 Å². The number of ether oxygens (including phenoxy) is 3. The topological polar surface area (TPSA) is 78.9 Å². The molecule has 0 aliphatic rings. The van der Waals surface area contributed by atoms with E-state index < -0.39 is 6.10 Å². The zero-order valence-electron chi connectivity index (χ0n) is 42.9. The van der Waals surface area contributed by atoms with Gasteiger partial charge < -0.3 is 14.2 Å². The van der Waals surface area contributed by atoms with Crippen LogP contribution in [-0.2, 0) is 28.6 Å². The molecule has 0 aromatic carbocycles. The summed E-state index contributed by atoms with van der Waals surface area (Å²) in [6, 6.07) is 0. The Kier molecular flexibility index (Phi) is 50.6. The third-order valence-electron chi connectivity index (χ3n) is 10.8. The highest BCUT2D eigenvalue weighted by Gasteiger charge is 2.19. The van der Waals surface area contributed by atoms with E-state index in [0.717, 1.165) is 116 Å². The van der Waals surface area contributed by atoms with Gasteiger partial charge in [0.1, 0.15) is 13.2 Å². The average molecular weight is 925 g/mol. The Morgan fingerprint density at radius 3 is 1.12 bits per heavy atom. The number of rotatable bonds is 46. The van der Waals surface area contributed by atoms with E-state index >= 15 is 0 Å². The number of hydrogen-bond donors (Lipinski definition) is 0. The Labute approximate surface area is 411 Å². The van der Waals surface area contributed by atoms with Crippen LogP contribution in [0.15, 0.2) is 134 Å². The third kappa shape index (κ3) is 52.4. The Bertz CT molecular complexity index is 1480. The molecule has 0 radical (unpaired) electrons. The molecule has 0 rings (SSSR count). The normalized spacial score (nSPS) is 13.2. The fraction of sp³-hybridized carbons (Fsp3) is 0.590. The van der Waals surface area contributed by atoms with Crippen LogP contribution in [0.1, 0.15) is 213 Å². The molecule has 1 unspecified atom stereocenters. The highest BCUT2D eigenvalue weighted by molar-refractivity contribution is 5.71. The molecule has 0 saturated carbocycles. The Morgan fingerprint density at radius 1 is 0.328 bits per heavy atom. The molecule has 0 aliphatic heterocycles. The molecule has 0 aliphatic carbocycles. The number of carbonyl (C=O) groups excluding carboxylic acids is 3. The van der Waals surface area contributed by atoms with Gasteiger partial charge in [-0.15, -0.1) is 0 Å². The molecular weight excluding hydrogens is 829 g/mol. The van der Waals surface area contributed by atoms with Gasteiger partial charge in [0.25, 0.3) is 0 Å². The smallest absolute Gasteiger partial charge is 0.306 e. The number of esters is 3. The van der Waals surface area contributed by atoms with Crippen molar-refractivity contribution >= 4 is 17.9 Å². The van der Waals surface area contributed by atoms with Crippen LogP contribution in [0.2, 0.25) is 0 Å². The van der Waals surface area contributed by atoms with Crippen molar-refractivity contribution < 1.29 is 28.6 Å². The maximum atomic E-state index is 12.8. The molecule has 0 amide bonds. The van der Waals surface area contributed by atoms with E-state index in [0.29, 0.717) is 19.3 Å². The fourth-order valence-corrected chi connectivity index (χ4v) is 6.83. The van der Waals surface area contributed by atoms with Crippen LogP contribution in [0, 0.1) is 0 Å². The molecule has 0 heterocycles. The van der Waals surface area contributed by atoms with Crippen molar-refractivity contribution in [2.45, 2.75) is 219 Å². The molecular formula is C61H96O6. The largest absolute Gasteiger partial charge is 0.462 e. The summed E-state index contributed by atoms with van der Waals surface area (Å²) in [5.74, 6) is -1.00. The van der Waals surface area contributed by atoms with Crippen molar-refractivity contribution in [1.82, 2.24) is 0 Å². The second-order valence-electron chi connectivity index (χ2n) is 17.2. The summed E-state index contributed by atoms with van der Waals surface area (Å²) in [6.07, 6.45) is 75.7. The number of unbranched alkanes of at least 4 members (excludes halogenated alkanes) is 19. The lowest BCUT2D eigenvalue weighted by atomic mass is 10.1. The van der Waals surface area contributed by atoms with Crippen LogP contribution in [0.25, 0.3) is 0 Å². The van der Waals surface area contributed by atoms with Gasteiger partial charge in [0, 0.05) is 19.3 Å². The molecule has 0 N–H and O–H groups in total. The molecule has 1 atom stereocenters. The van der Waals surface area contributed by atoms with Crippen LogP contribution >= 0.6 is 0 Å². The van der Waals surface area contributed by atoms with Gasteiger partial charge in [0.15, 0.2) is 6.10 Å². The zero-order chi connectivity index (χ0) is 48.6. The second kappa shape index (κ2) is 54.2. The molecule has 0 spiro atoms. The van der Waals surface area contributed by atoms with E-state index in [1.54, 1.807) is 0 Å². The lowest BCUT2D eigenvalue weighted by molar-refractivity contribution is -0.167. The first-order valence-electron chi connectivity index (χ1n) is 26.8. The maximum Gasteiger partial charge on any atom is 0.306 e. The van der Waals surface area contributed by atoms with Crippen molar-refractivity contribution in [1.29, 1.82) is 0 Å². The molecule has 0 fully saturated rings. The first kappa shape index (κ1) is 62.5. The molecule has 6 nitrogen and oxygen atoms in total. The van der Waals surface area contributed by atoms with E-state index in [-0.39, 0.29) is 37.5 Å². The lowest BCUT2D eigenvalue weighted by Crippen LogP contribution is -2.30. The molecule has 0 saturated heterocycles. The lowest BCUT2D eigenvalue weighted by Gasteiger charge is -2.18. The van der Waals surface area contributed by atoms with E-state index in [4.69, 9.17) is 14.2 Å². The van der Waals surface area contributed by atoms with Gasteiger partial charge in [0.2, 0.25) is 0 Å². The van der Waals surface area contributed by atoms with Crippen molar-refractivity contribution in [3.8, 4) is 0 Å². The number of hydrogen-bond acceptors (Lipinski definition) is 6. The second-order valence-corrected chi connectivity index (χ2v) is 17.2. The van der Waals surface area contributed by atoms with Crippen molar-refractivity contribution in [2.75, 3.05) is 13.2 Å². The van der Waals surface area contributed by atoms with E-state index in [1.807, 2.05) is 60.8 Å². The summed E-state index contributed by atoms with van der Waals surface area (Å²) in [5, 5.41) is 0. The van der Waals surface area contributed by atoms with E-state index in [2.05, 4.69) is 93.7 Å². The Hall–Kier alpha value is -4.45. The Morgan fingerprint density at radius 2 is 0.657 bits per heavy atom. The summed E-state index contributed by atoms with van der Waals surface area (Å²) in [4.78, 5) is 38.1. The zero-order valence-corrected chi connectivity index (χ0v) is 42.9.